The minimum absolute atomic E-state index is 0.226. The van der Waals surface area contributed by atoms with E-state index in [4.69, 9.17) is 15.0 Å². The average Bonchev–Trinajstić information content (AvgIpc) is 2.83. The zero-order chi connectivity index (χ0) is 14.5. The van der Waals surface area contributed by atoms with Gasteiger partial charge in [0.15, 0.2) is 5.82 Å². The number of nitrogen functional groups attached to an aromatic ring is 1. The van der Waals surface area contributed by atoms with Gasteiger partial charge in [0, 0.05) is 37.2 Å². The van der Waals surface area contributed by atoms with Crippen LogP contribution in [0, 0.1) is 6.92 Å². The molecule has 7 nitrogen and oxygen atoms in total. The minimum atomic E-state index is -0.226. The van der Waals surface area contributed by atoms with Gasteiger partial charge in [-0.15, -0.1) is 0 Å². The molecule has 1 aromatic heterocycles. The van der Waals surface area contributed by atoms with E-state index >= 15 is 0 Å². The van der Waals surface area contributed by atoms with Gasteiger partial charge in [-0.25, -0.2) is 0 Å². The third-order valence-electron chi connectivity index (χ3n) is 2.63. The predicted molar refractivity (Wildman–Crippen MR) is 72.5 cm³/mol. The number of hydrogen-bond donors (Lipinski definition) is 2. The first-order chi connectivity index (χ1) is 9.58. The highest BCUT2D eigenvalue weighted by molar-refractivity contribution is 5.95. The number of nitrogens with zero attached hydrogens (tertiary/aromatic N) is 2. The Morgan fingerprint density at radius 3 is 2.90 bits per heavy atom. The molecule has 0 saturated heterocycles. The van der Waals surface area contributed by atoms with Crippen LogP contribution in [0.25, 0.3) is 0 Å². The second kappa shape index (κ2) is 6.05. The molecule has 0 spiro atoms. The number of methoxy groups -OCH3 is 1. The maximum atomic E-state index is 12.0. The summed E-state index contributed by atoms with van der Waals surface area (Å²) in [6.45, 7) is 2.13. The van der Waals surface area contributed by atoms with Crippen LogP contribution >= 0.6 is 0 Å². The molecule has 0 aliphatic rings. The monoisotopic (exact) mass is 276 g/mol. The first kappa shape index (κ1) is 13.9. The summed E-state index contributed by atoms with van der Waals surface area (Å²) < 4.78 is 9.92. The number of benzene rings is 1. The van der Waals surface area contributed by atoms with Crippen LogP contribution in [0.3, 0.4) is 0 Å². The van der Waals surface area contributed by atoms with Gasteiger partial charge in [-0.2, -0.15) is 4.98 Å². The van der Waals surface area contributed by atoms with Crippen molar-refractivity contribution in [1.29, 1.82) is 0 Å². The standard InChI is InChI=1S/C13H16N4O3/c1-8-16-12(17-20-8)3-4-15-13(18)9-5-10(14)7-11(6-9)19-2/h5-7H,3-4,14H2,1-2H3,(H,15,18). The molecule has 0 aliphatic heterocycles. The number of anilines is 1. The third kappa shape index (κ3) is 3.47. The Morgan fingerprint density at radius 1 is 1.45 bits per heavy atom. The van der Waals surface area contributed by atoms with Crippen LogP contribution in [0.5, 0.6) is 5.75 Å². The number of rotatable bonds is 5. The molecule has 0 bridgehead atoms. The molecule has 2 rings (SSSR count). The lowest BCUT2D eigenvalue weighted by Crippen LogP contribution is -2.26. The van der Waals surface area contributed by atoms with E-state index in [1.54, 1.807) is 25.1 Å². The molecule has 2 aromatic rings. The fraction of sp³-hybridized carbons (Fsp3) is 0.308. The van der Waals surface area contributed by atoms with Crippen molar-refractivity contribution in [3.63, 3.8) is 0 Å². The number of aromatic nitrogens is 2. The Labute approximate surface area is 116 Å². The number of nitrogens with two attached hydrogens (primary N) is 1. The van der Waals surface area contributed by atoms with Gasteiger partial charge < -0.3 is 20.3 Å². The second-order valence-electron chi connectivity index (χ2n) is 4.23. The number of ether oxygens (including phenoxy) is 1. The van der Waals surface area contributed by atoms with E-state index < -0.39 is 0 Å². The van der Waals surface area contributed by atoms with E-state index in [-0.39, 0.29) is 5.91 Å². The number of nitrogens with one attached hydrogen (secondary N) is 1. The molecule has 0 unspecified atom stereocenters. The number of carbonyl (C=O) groups excluding carboxylic acids is 1. The van der Waals surface area contributed by atoms with Crippen LogP contribution in [-0.4, -0.2) is 29.7 Å². The van der Waals surface area contributed by atoms with E-state index in [9.17, 15) is 4.79 Å². The topological polar surface area (TPSA) is 103 Å². The largest absolute Gasteiger partial charge is 0.497 e. The number of hydrogen-bond acceptors (Lipinski definition) is 6. The first-order valence-corrected chi connectivity index (χ1v) is 6.10. The number of amides is 1. The number of aryl methyl sites for hydroxylation is 1. The Bertz CT molecular complexity index is 609. The molecule has 1 aromatic carbocycles. The number of carbonyl (C=O) groups is 1. The van der Waals surface area contributed by atoms with Gasteiger partial charge in [0.25, 0.3) is 5.91 Å². The van der Waals surface area contributed by atoms with Crippen LogP contribution in [0.2, 0.25) is 0 Å². The highest BCUT2D eigenvalue weighted by Crippen LogP contribution is 2.18. The Morgan fingerprint density at radius 2 is 2.25 bits per heavy atom. The molecule has 106 valence electrons. The molecular formula is C13H16N4O3. The van der Waals surface area contributed by atoms with Crippen molar-refractivity contribution in [2.24, 2.45) is 0 Å². The normalized spacial score (nSPS) is 10.3. The quantitative estimate of drug-likeness (QED) is 0.788. The van der Waals surface area contributed by atoms with Crippen LogP contribution in [-0.2, 0) is 6.42 Å². The summed E-state index contributed by atoms with van der Waals surface area (Å²) in [7, 11) is 1.52. The fourth-order valence-electron chi connectivity index (χ4n) is 1.70. The van der Waals surface area contributed by atoms with Crippen molar-refractivity contribution >= 4 is 11.6 Å². The van der Waals surface area contributed by atoms with E-state index in [1.807, 2.05) is 0 Å². The highest BCUT2D eigenvalue weighted by atomic mass is 16.5. The summed E-state index contributed by atoms with van der Waals surface area (Å²) in [6, 6.07) is 4.87. The maximum absolute atomic E-state index is 12.0. The van der Waals surface area contributed by atoms with Crippen molar-refractivity contribution in [3.05, 3.63) is 35.5 Å². The van der Waals surface area contributed by atoms with Crippen LogP contribution in [0.4, 0.5) is 5.69 Å². The first-order valence-electron chi connectivity index (χ1n) is 6.10. The van der Waals surface area contributed by atoms with Crippen molar-refractivity contribution in [3.8, 4) is 5.75 Å². The Hall–Kier alpha value is -2.57. The maximum Gasteiger partial charge on any atom is 0.251 e. The SMILES string of the molecule is COc1cc(N)cc(C(=O)NCCc2noc(C)n2)c1. The van der Waals surface area contributed by atoms with Crippen LogP contribution in [0.1, 0.15) is 22.1 Å². The van der Waals surface area contributed by atoms with Crippen molar-refractivity contribution in [2.45, 2.75) is 13.3 Å². The van der Waals surface area contributed by atoms with E-state index in [0.29, 0.717) is 41.7 Å². The molecule has 0 atom stereocenters. The van der Waals surface area contributed by atoms with Gasteiger partial charge in [0.2, 0.25) is 5.89 Å². The lowest BCUT2D eigenvalue weighted by Gasteiger charge is -2.07. The molecule has 1 heterocycles. The summed E-state index contributed by atoms with van der Waals surface area (Å²) in [5.41, 5.74) is 6.63. The van der Waals surface area contributed by atoms with Gasteiger partial charge in [0.05, 0.1) is 7.11 Å². The van der Waals surface area contributed by atoms with Crippen LogP contribution in [0.15, 0.2) is 22.7 Å². The van der Waals surface area contributed by atoms with Crippen LogP contribution < -0.4 is 15.8 Å². The summed E-state index contributed by atoms with van der Waals surface area (Å²) >= 11 is 0. The summed E-state index contributed by atoms with van der Waals surface area (Å²) in [5, 5.41) is 6.51. The van der Waals surface area contributed by atoms with Gasteiger partial charge >= 0.3 is 0 Å². The molecule has 3 N–H and O–H groups in total. The lowest BCUT2D eigenvalue weighted by atomic mass is 10.1. The molecule has 7 heteroatoms. The van der Waals surface area contributed by atoms with Gasteiger partial charge in [-0.05, 0) is 12.1 Å². The fourth-order valence-corrected chi connectivity index (χ4v) is 1.70. The molecule has 0 aliphatic carbocycles. The van der Waals surface area contributed by atoms with Gasteiger partial charge in [-0.3, -0.25) is 4.79 Å². The van der Waals surface area contributed by atoms with Crippen molar-refractivity contribution in [2.75, 3.05) is 19.4 Å². The van der Waals surface area contributed by atoms with Crippen molar-refractivity contribution < 1.29 is 14.1 Å². The zero-order valence-electron chi connectivity index (χ0n) is 11.3. The van der Waals surface area contributed by atoms with Crippen molar-refractivity contribution in [1.82, 2.24) is 15.5 Å². The smallest absolute Gasteiger partial charge is 0.251 e. The third-order valence-corrected chi connectivity index (χ3v) is 2.63. The molecule has 0 radical (unpaired) electrons. The molecule has 20 heavy (non-hydrogen) atoms. The molecule has 0 saturated carbocycles. The molecular weight excluding hydrogens is 260 g/mol. The summed E-state index contributed by atoms with van der Waals surface area (Å²) in [5.74, 6) is 1.39. The second-order valence-corrected chi connectivity index (χ2v) is 4.23. The average molecular weight is 276 g/mol. The lowest BCUT2D eigenvalue weighted by molar-refractivity contribution is 0.0953. The van der Waals surface area contributed by atoms with Gasteiger partial charge in [-0.1, -0.05) is 5.16 Å². The predicted octanol–water partition coefficient (Wildman–Crippen LogP) is 0.941. The Balaban J connectivity index is 1.93. The van der Waals surface area contributed by atoms with E-state index in [2.05, 4.69) is 15.5 Å². The summed E-state index contributed by atoms with van der Waals surface area (Å²) in [4.78, 5) is 16.0. The highest BCUT2D eigenvalue weighted by Gasteiger charge is 2.09. The van der Waals surface area contributed by atoms with E-state index in [1.165, 1.54) is 7.11 Å². The summed E-state index contributed by atoms with van der Waals surface area (Å²) in [6.07, 6.45) is 0.503. The van der Waals surface area contributed by atoms with E-state index in [0.717, 1.165) is 0 Å². The zero-order valence-corrected chi connectivity index (χ0v) is 11.3. The van der Waals surface area contributed by atoms with Gasteiger partial charge in [0.1, 0.15) is 5.75 Å². The molecule has 0 fully saturated rings. The minimum Gasteiger partial charge on any atom is -0.497 e. The molecule has 1 amide bonds. The Kier molecular flexibility index (Phi) is 4.19.